The van der Waals surface area contributed by atoms with Crippen LogP contribution in [0.2, 0.25) is 0 Å². The third-order valence-electron chi connectivity index (χ3n) is 3.77. The fraction of sp³-hybridized carbons (Fsp3) is 0.100. The van der Waals surface area contributed by atoms with E-state index >= 15 is 0 Å². The van der Waals surface area contributed by atoms with Crippen molar-refractivity contribution in [2.45, 2.75) is 6.54 Å². The van der Waals surface area contributed by atoms with Crippen LogP contribution in [0.15, 0.2) is 79.1 Å². The molecule has 1 N–H and O–H groups in total. The van der Waals surface area contributed by atoms with Crippen molar-refractivity contribution < 1.29 is 4.79 Å². The van der Waals surface area contributed by atoms with Crippen LogP contribution in [0, 0.1) is 0 Å². The first-order chi connectivity index (χ1) is 11.7. The van der Waals surface area contributed by atoms with Gasteiger partial charge in [-0.2, -0.15) is 0 Å². The lowest BCUT2D eigenvalue weighted by Gasteiger charge is -2.17. The second-order valence-electron chi connectivity index (χ2n) is 5.50. The van der Waals surface area contributed by atoms with Gasteiger partial charge in [0.2, 0.25) is 0 Å². The van der Waals surface area contributed by atoms with Gasteiger partial charge < -0.3 is 10.2 Å². The van der Waals surface area contributed by atoms with Gasteiger partial charge in [-0.15, -0.1) is 0 Å². The normalized spacial score (nSPS) is 10.2. The number of rotatable bonds is 5. The van der Waals surface area contributed by atoms with Gasteiger partial charge in [-0.05, 0) is 23.8 Å². The molecule has 0 aliphatic heterocycles. The Morgan fingerprint density at radius 1 is 1.00 bits per heavy atom. The minimum atomic E-state index is -0.0861. The Morgan fingerprint density at radius 2 is 1.67 bits per heavy atom. The Bertz CT molecular complexity index is 803. The van der Waals surface area contributed by atoms with Crippen LogP contribution >= 0.6 is 0 Å². The van der Waals surface area contributed by atoms with E-state index in [1.54, 1.807) is 24.3 Å². The highest BCUT2D eigenvalue weighted by Crippen LogP contribution is 2.17. The third kappa shape index (κ3) is 3.79. The lowest BCUT2D eigenvalue weighted by Crippen LogP contribution is -2.26. The molecule has 120 valence electrons. The second-order valence-corrected chi connectivity index (χ2v) is 5.50. The van der Waals surface area contributed by atoms with Crippen molar-refractivity contribution in [3.63, 3.8) is 0 Å². The number of pyridine rings is 1. The van der Waals surface area contributed by atoms with Gasteiger partial charge in [0.1, 0.15) is 0 Å². The Morgan fingerprint density at radius 3 is 2.38 bits per heavy atom. The predicted molar refractivity (Wildman–Crippen MR) is 97.2 cm³/mol. The maximum absolute atomic E-state index is 12.6. The van der Waals surface area contributed by atoms with Gasteiger partial charge in [0, 0.05) is 31.7 Å². The van der Waals surface area contributed by atoms with Gasteiger partial charge in [0.15, 0.2) is 0 Å². The summed E-state index contributed by atoms with van der Waals surface area (Å²) >= 11 is 0. The molecule has 0 aliphatic rings. The Balaban J connectivity index is 1.71. The number of carbonyl (C=O) groups is 1. The van der Waals surface area contributed by atoms with Gasteiger partial charge in [-0.3, -0.25) is 9.78 Å². The van der Waals surface area contributed by atoms with E-state index < -0.39 is 0 Å². The molecule has 0 spiro atoms. The quantitative estimate of drug-likeness (QED) is 0.774. The van der Waals surface area contributed by atoms with E-state index in [4.69, 9.17) is 0 Å². The zero-order chi connectivity index (χ0) is 16.8. The zero-order valence-corrected chi connectivity index (χ0v) is 13.5. The lowest BCUT2D eigenvalue weighted by molar-refractivity contribution is 0.0992. The van der Waals surface area contributed by atoms with E-state index in [1.165, 1.54) is 5.56 Å². The average molecular weight is 317 g/mol. The van der Waals surface area contributed by atoms with Crippen LogP contribution in [0.3, 0.4) is 0 Å². The minimum Gasteiger partial charge on any atom is -0.380 e. The molecule has 0 fully saturated rings. The molecular weight excluding hydrogens is 298 g/mol. The number of hydrogen-bond acceptors (Lipinski definition) is 3. The first-order valence-corrected chi connectivity index (χ1v) is 7.80. The van der Waals surface area contributed by atoms with Crippen LogP contribution < -0.4 is 10.2 Å². The molecule has 1 heterocycles. The fourth-order valence-corrected chi connectivity index (χ4v) is 2.42. The molecule has 0 saturated heterocycles. The summed E-state index contributed by atoms with van der Waals surface area (Å²) in [6.07, 6.45) is 3.32. The molecule has 1 aromatic heterocycles. The monoisotopic (exact) mass is 317 g/mol. The standard InChI is InChI=1S/C20H19N3O/c1-23(19-10-6-3-7-11-19)20(24)17-12-18(15-21-14-17)22-13-16-8-4-2-5-9-16/h2-12,14-15,22H,13H2,1H3. The molecule has 0 saturated carbocycles. The Kier molecular flexibility index (Phi) is 4.87. The molecule has 0 bridgehead atoms. The number of anilines is 2. The summed E-state index contributed by atoms with van der Waals surface area (Å²) in [6.45, 7) is 0.689. The third-order valence-corrected chi connectivity index (χ3v) is 3.77. The van der Waals surface area contributed by atoms with Crippen molar-refractivity contribution in [2.24, 2.45) is 0 Å². The van der Waals surface area contributed by atoms with Gasteiger partial charge in [-0.25, -0.2) is 0 Å². The number of benzene rings is 2. The first-order valence-electron chi connectivity index (χ1n) is 7.80. The summed E-state index contributed by atoms with van der Waals surface area (Å²) in [6, 6.07) is 21.5. The predicted octanol–water partition coefficient (Wildman–Crippen LogP) is 3.97. The van der Waals surface area contributed by atoms with Crippen molar-refractivity contribution >= 4 is 17.3 Å². The van der Waals surface area contributed by atoms with Crippen molar-refractivity contribution in [3.05, 3.63) is 90.3 Å². The van der Waals surface area contributed by atoms with Crippen LogP contribution in [0.25, 0.3) is 0 Å². The number of aromatic nitrogens is 1. The Labute approximate surface area is 141 Å². The highest BCUT2D eigenvalue weighted by molar-refractivity contribution is 6.05. The average Bonchev–Trinajstić information content (AvgIpc) is 2.67. The summed E-state index contributed by atoms with van der Waals surface area (Å²) < 4.78 is 0. The molecule has 4 heteroatoms. The minimum absolute atomic E-state index is 0.0861. The van der Waals surface area contributed by atoms with Gasteiger partial charge in [0.25, 0.3) is 5.91 Å². The maximum atomic E-state index is 12.6. The van der Waals surface area contributed by atoms with Crippen molar-refractivity contribution in [3.8, 4) is 0 Å². The van der Waals surface area contributed by atoms with E-state index in [2.05, 4.69) is 22.4 Å². The van der Waals surface area contributed by atoms with E-state index in [0.29, 0.717) is 12.1 Å². The van der Waals surface area contributed by atoms with Crippen LogP contribution in [-0.2, 0) is 6.54 Å². The van der Waals surface area contributed by atoms with E-state index in [0.717, 1.165) is 11.4 Å². The number of nitrogens with zero attached hydrogens (tertiary/aromatic N) is 2. The fourth-order valence-electron chi connectivity index (χ4n) is 2.42. The largest absolute Gasteiger partial charge is 0.380 e. The molecule has 4 nitrogen and oxygen atoms in total. The number of amides is 1. The molecule has 0 unspecified atom stereocenters. The van der Waals surface area contributed by atoms with Crippen molar-refractivity contribution in [1.82, 2.24) is 4.98 Å². The van der Waals surface area contributed by atoms with Crippen LogP contribution in [0.4, 0.5) is 11.4 Å². The highest BCUT2D eigenvalue weighted by Gasteiger charge is 2.14. The molecule has 0 aliphatic carbocycles. The number of nitrogens with one attached hydrogen (secondary N) is 1. The maximum Gasteiger partial charge on any atom is 0.259 e. The van der Waals surface area contributed by atoms with Gasteiger partial charge in [-0.1, -0.05) is 48.5 Å². The molecule has 3 rings (SSSR count). The zero-order valence-electron chi connectivity index (χ0n) is 13.5. The molecule has 2 aromatic carbocycles. The molecule has 24 heavy (non-hydrogen) atoms. The molecule has 0 atom stereocenters. The van der Waals surface area contributed by atoms with Crippen LogP contribution in [0.5, 0.6) is 0 Å². The van der Waals surface area contributed by atoms with Gasteiger partial charge in [0.05, 0.1) is 11.3 Å². The second kappa shape index (κ2) is 7.42. The number of carbonyl (C=O) groups excluding carboxylic acids is 1. The first kappa shape index (κ1) is 15.7. The van der Waals surface area contributed by atoms with Crippen LogP contribution in [0.1, 0.15) is 15.9 Å². The smallest absolute Gasteiger partial charge is 0.259 e. The Hall–Kier alpha value is -3.14. The van der Waals surface area contributed by atoms with E-state index in [9.17, 15) is 4.79 Å². The molecular formula is C20H19N3O. The summed E-state index contributed by atoms with van der Waals surface area (Å²) in [5.41, 5.74) is 3.41. The summed E-state index contributed by atoms with van der Waals surface area (Å²) in [5, 5.41) is 3.30. The molecule has 1 amide bonds. The van der Waals surface area contributed by atoms with Crippen molar-refractivity contribution in [1.29, 1.82) is 0 Å². The lowest BCUT2D eigenvalue weighted by atomic mass is 10.2. The van der Waals surface area contributed by atoms with Crippen LogP contribution in [-0.4, -0.2) is 17.9 Å². The molecule has 0 radical (unpaired) electrons. The topological polar surface area (TPSA) is 45.2 Å². The summed E-state index contributed by atoms with van der Waals surface area (Å²) in [5.74, 6) is -0.0861. The van der Waals surface area contributed by atoms with Gasteiger partial charge >= 0.3 is 0 Å². The number of para-hydroxylation sites is 1. The van der Waals surface area contributed by atoms with Crippen molar-refractivity contribution in [2.75, 3.05) is 17.3 Å². The van der Waals surface area contributed by atoms with E-state index in [1.807, 2.05) is 54.6 Å². The number of hydrogen-bond donors (Lipinski definition) is 1. The SMILES string of the molecule is CN(C(=O)c1cncc(NCc2ccccc2)c1)c1ccccc1. The summed E-state index contributed by atoms with van der Waals surface area (Å²) in [7, 11) is 1.77. The highest BCUT2D eigenvalue weighted by atomic mass is 16.2. The molecule has 3 aromatic rings. The summed E-state index contributed by atoms with van der Waals surface area (Å²) in [4.78, 5) is 18.4. The van der Waals surface area contributed by atoms with E-state index in [-0.39, 0.29) is 5.91 Å².